The highest BCUT2D eigenvalue weighted by atomic mass is 127. The molecule has 0 unspecified atom stereocenters. The molecule has 0 saturated heterocycles. The predicted octanol–water partition coefficient (Wildman–Crippen LogP) is 3.24. The standard InChI is InChI=1S/C22H32FN7O.HI/c1-16(2)15-31-13-5-12-28-22(26-3)27-11-4-6-20-19(14-24)21(25)30(29-20)18-9-7-17(23)8-10-18;/h7-10,16H,4-6,11-13,15,25H2,1-3H3,(H2,26,27,28);1H. The first kappa shape index (κ1) is 27.6. The number of nitrogens with zero attached hydrogens (tertiary/aromatic N) is 4. The molecule has 32 heavy (non-hydrogen) atoms. The molecule has 0 spiro atoms. The van der Waals surface area contributed by atoms with Crippen LogP contribution in [0, 0.1) is 23.1 Å². The van der Waals surface area contributed by atoms with Gasteiger partial charge >= 0.3 is 0 Å². The Morgan fingerprint density at radius 1 is 1.25 bits per heavy atom. The fourth-order valence-electron chi connectivity index (χ4n) is 2.94. The summed E-state index contributed by atoms with van der Waals surface area (Å²) in [4.78, 5) is 4.21. The monoisotopic (exact) mass is 557 g/mol. The largest absolute Gasteiger partial charge is 0.382 e. The van der Waals surface area contributed by atoms with E-state index in [1.165, 1.54) is 16.8 Å². The molecule has 0 aliphatic heterocycles. The van der Waals surface area contributed by atoms with Crippen molar-refractivity contribution in [2.75, 3.05) is 39.1 Å². The smallest absolute Gasteiger partial charge is 0.190 e. The van der Waals surface area contributed by atoms with Crippen LogP contribution in [0.4, 0.5) is 10.2 Å². The zero-order valence-electron chi connectivity index (χ0n) is 18.9. The molecular weight excluding hydrogens is 524 g/mol. The van der Waals surface area contributed by atoms with Gasteiger partial charge in [0.25, 0.3) is 0 Å². The van der Waals surface area contributed by atoms with Gasteiger partial charge in [-0.25, -0.2) is 9.07 Å². The lowest BCUT2D eigenvalue weighted by Crippen LogP contribution is -2.38. The molecular formula is C22H33FIN7O. The van der Waals surface area contributed by atoms with Gasteiger partial charge in [0.2, 0.25) is 0 Å². The van der Waals surface area contributed by atoms with E-state index in [1.54, 1.807) is 19.2 Å². The van der Waals surface area contributed by atoms with Crippen molar-refractivity contribution in [1.82, 2.24) is 20.4 Å². The maximum Gasteiger partial charge on any atom is 0.190 e. The van der Waals surface area contributed by atoms with Crippen LogP contribution in [0.1, 0.15) is 37.9 Å². The third-order valence-electron chi connectivity index (χ3n) is 4.49. The number of hydrogen-bond acceptors (Lipinski definition) is 5. The van der Waals surface area contributed by atoms with Crippen LogP contribution in [0.2, 0.25) is 0 Å². The Hall–Kier alpha value is -2.39. The van der Waals surface area contributed by atoms with Crippen LogP contribution >= 0.6 is 24.0 Å². The summed E-state index contributed by atoms with van der Waals surface area (Å²) in [5.41, 5.74) is 7.68. The third kappa shape index (κ3) is 8.63. The number of nitriles is 1. The number of nitrogen functional groups attached to an aromatic ring is 1. The molecule has 176 valence electrons. The quantitative estimate of drug-likeness (QED) is 0.169. The van der Waals surface area contributed by atoms with Gasteiger partial charge in [-0.1, -0.05) is 13.8 Å². The number of aryl methyl sites for hydroxylation is 1. The molecule has 0 radical (unpaired) electrons. The average Bonchev–Trinajstić information content (AvgIpc) is 3.07. The molecule has 1 aromatic carbocycles. The van der Waals surface area contributed by atoms with Gasteiger partial charge in [0.05, 0.1) is 11.4 Å². The highest BCUT2D eigenvalue weighted by Gasteiger charge is 2.16. The minimum atomic E-state index is -0.341. The van der Waals surface area contributed by atoms with Gasteiger partial charge in [0.15, 0.2) is 5.96 Å². The number of rotatable bonds is 11. The second-order valence-corrected chi connectivity index (χ2v) is 7.56. The Labute approximate surface area is 206 Å². The van der Waals surface area contributed by atoms with Gasteiger partial charge < -0.3 is 21.1 Å². The second kappa shape index (κ2) is 14.6. The van der Waals surface area contributed by atoms with Crippen LogP contribution < -0.4 is 16.4 Å². The molecule has 1 heterocycles. The van der Waals surface area contributed by atoms with Crippen LogP contribution in [0.15, 0.2) is 29.3 Å². The van der Waals surface area contributed by atoms with Crippen molar-refractivity contribution in [2.45, 2.75) is 33.1 Å². The number of benzene rings is 1. The summed E-state index contributed by atoms with van der Waals surface area (Å²) in [5.74, 6) is 1.18. The molecule has 4 N–H and O–H groups in total. The van der Waals surface area contributed by atoms with Gasteiger partial charge in [-0.3, -0.25) is 4.99 Å². The number of ether oxygens (including phenoxy) is 1. The van der Waals surface area contributed by atoms with E-state index in [0.717, 1.165) is 38.6 Å². The maximum absolute atomic E-state index is 13.2. The molecule has 1 aromatic heterocycles. The number of halogens is 2. The fourth-order valence-corrected chi connectivity index (χ4v) is 2.94. The van der Waals surface area contributed by atoms with E-state index in [2.05, 4.69) is 40.6 Å². The fraction of sp³-hybridized carbons (Fsp3) is 0.500. The summed E-state index contributed by atoms with van der Waals surface area (Å²) in [6.07, 6.45) is 2.22. The van der Waals surface area contributed by atoms with Crippen LogP contribution in [0.3, 0.4) is 0 Å². The number of anilines is 1. The number of nitrogens with one attached hydrogen (secondary N) is 2. The summed E-state index contributed by atoms with van der Waals surface area (Å²) < 4.78 is 20.2. The Bertz CT molecular complexity index is 891. The topological polar surface area (TPSA) is 113 Å². The minimum Gasteiger partial charge on any atom is -0.382 e. The number of aliphatic imine (C=N–C) groups is 1. The van der Waals surface area contributed by atoms with Crippen molar-refractivity contribution in [2.24, 2.45) is 10.9 Å². The van der Waals surface area contributed by atoms with Crippen LogP contribution in [0.5, 0.6) is 0 Å². The molecule has 0 aliphatic carbocycles. The van der Waals surface area contributed by atoms with E-state index in [1.807, 2.05) is 0 Å². The summed E-state index contributed by atoms with van der Waals surface area (Å²) in [6.45, 7) is 7.19. The van der Waals surface area contributed by atoms with E-state index in [9.17, 15) is 9.65 Å². The van der Waals surface area contributed by atoms with E-state index < -0.39 is 0 Å². The van der Waals surface area contributed by atoms with Crippen molar-refractivity contribution in [3.8, 4) is 11.8 Å². The molecule has 0 fully saturated rings. The second-order valence-electron chi connectivity index (χ2n) is 7.56. The third-order valence-corrected chi connectivity index (χ3v) is 4.49. The number of hydrogen-bond donors (Lipinski definition) is 3. The molecule has 0 atom stereocenters. The van der Waals surface area contributed by atoms with Gasteiger partial charge in [-0.15, -0.1) is 24.0 Å². The number of nitrogens with two attached hydrogens (primary N) is 1. The Balaban J connectivity index is 0.00000512. The lowest BCUT2D eigenvalue weighted by molar-refractivity contribution is 0.108. The first-order valence-electron chi connectivity index (χ1n) is 10.5. The van der Waals surface area contributed by atoms with Crippen molar-refractivity contribution < 1.29 is 9.13 Å². The lowest BCUT2D eigenvalue weighted by Gasteiger charge is -2.12. The van der Waals surface area contributed by atoms with Crippen LogP contribution in [0.25, 0.3) is 5.69 Å². The summed E-state index contributed by atoms with van der Waals surface area (Å²) in [6, 6.07) is 7.95. The van der Waals surface area contributed by atoms with Gasteiger partial charge in [-0.05, 0) is 49.4 Å². The maximum atomic E-state index is 13.2. The normalized spacial score (nSPS) is 11.2. The summed E-state index contributed by atoms with van der Waals surface area (Å²) >= 11 is 0. The average molecular weight is 557 g/mol. The molecule has 10 heteroatoms. The first-order chi connectivity index (χ1) is 15.0. The SMILES string of the molecule is CN=C(NCCCOCC(C)C)NCCCc1nn(-c2ccc(F)cc2)c(N)c1C#N.I. The summed E-state index contributed by atoms with van der Waals surface area (Å²) in [5, 5.41) is 20.5. The number of guanidine groups is 1. The van der Waals surface area contributed by atoms with Gasteiger partial charge in [0, 0.05) is 33.4 Å². The van der Waals surface area contributed by atoms with Crippen molar-refractivity contribution in [1.29, 1.82) is 5.26 Å². The Kier molecular flexibility index (Phi) is 12.6. The Morgan fingerprint density at radius 3 is 2.50 bits per heavy atom. The minimum absolute atomic E-state index is 0. The highest BCUT2D eigenvalue weighted by molar-refractivity contribution is 14.0. The lowest BCUT2D eigenvalue weighted by atomic mass is 10.1. The van der Waals surface area contributed by atoms with E-state index in [0.29, 0.717) is 35.8 Å². The van der Waals surface area contributed by atoms with E-state index in [4.69, 9.17) is 10.5 Å². The van der Waals surface area contributed by atoms with Gasteiger partial charge in [-0.2, -0.15) is 10.4 Å². The molecule has 0 aliphatic rings. The van der Waals surface area contributed by atoms with E-state index >= 15 is 0 Å². The highest BCUT2D eigenvalue weighted by Crippen LogP contribution is 2.21. The van der Waals surface area contributed by atoms with E-state index in [-0.39, 0.29) is 35.6 Å². The molecule has 2 aromatic rings. The number of aromatic nitrogens is 2. The molecule has 8 nitrogen and oxygen atoms in total. The van der Waals surface area contributed by atoms with Crippen molar-refractivity contribution in [3.05, 3.63) is 41.3 Å². The molecule has 0 bridgehead atoms. The van der Waals surface area contributed by atoms with Crippen molar-refractivity contribution >= 4 is 35.8 Å². The Morgan fingerprint density at radius 2 is 1.91 bits per heavy atom. The summed E-state index contributed by atoms with van der Waals surface area (Å²) in [7, 11) is 1.73. The van der Waals surface area contributed by atoms with Crippen LogP contribution in [-0.2, 0) is 11.2 Å². The molecule has 0 saturated carbocycles. The predicted molar refractivity (Wildman–Crippen MR) is 136 cm³/mol. The van der Waals surface area contributed by atoms with Crippen molar-refractivity contribution in [3.63, 3.8) is 0 Å². The zero-order chi connectivity index (χ0) is 22.6. The molecule has 0 amide bonds. The van der Waals surface area contributed by atoms with Crippen LogP contribution in [-0.4, -0.2) is 49.1 Å². The first-order valence-corrected chi connectivity index (χ1v) is 10.5. The zero-order valence-corrected chi connectivity index (χ0v) is 21.2. The molecule has 2 rings (SSSR count). The van der Waals surface area contributed by atoms with Gasteiger partial charge in [0.1, 0.15) is 23.3 Å².